The largest absolute Gasteiger partial charge is 0.392 e. The van der Waals surface area contributed by atoms with Crippen LogP contribution in [0.1, 0.15) is 25.5 Å². The highest BCUT2D eigenvalue weighted by Gasteiger charge is 2.12. The maximum Gasteiger partial charge on any atom is 0.0639 e. The van der Waals surface area contributed by atoms with Crippen molar-refractivity contribution in [1.29, 1.82) is 0 Å². The van der Waals surface area contributed by atoms with E-state index in [0.717, 1.165) is 5.02 Å². The van der Waals surface area contributed by atoms with Gasteiger partial charge < -0.3 is 5.11 Å². The Balaban J connectivity index is 2.67. The van der Waals surface area contributed by atoms with Gasteiger partial charge in [0, 0.05) is 17.6 Å². The number of rotatable bonds is 4. The van der Waals surface area contributed by atoms with Crippen LogP contribution in [0.3, 0.4) is 0 Å². The molecule has 0 aliphatic carbocycles. The van der Waals surface area contributed by atoms with Crippen molar-refractivity contribution in [3.05, 3.63) is 34.9 Å². The molecule has 0 aromatic heterocycles. The van der Waals surface area contributed by atoms with Gasteiger partial charge in [0.2, 0.25) is 0 Å². The number of likely N-dealkylation sites (N-methyl/N-ethyl adjacent to an activating group) is 1. The first-order chi connectivity index (χ1) is 7.00. The Kier molecular flexibility index (Phi) is 4.58. The van der Waals surface area contributed by atoms with E-state index >= 15 is 0 Å². The van der Waals surface area contributed by atoms with Crippen LogP contribution in [0.25, 0.3) is 0 Å². The molecule has 84 valence electrons. The van der Waals surface area contributed by atoms with Gasteiger partial charge in [-0.15, -0.1) is 0 Å². The Morgan fingerprint density at radius 2 is 1.80 bits per heavy atom. The van der Waals surface area contributed by atoms with Gasteiger partial charge in [-0.25, -0.2) is 0 Å². The third-order valence-corrected chi connectivity index (χ3v) is 2.82. The van der Waals surface area contributed by atoms with E-state index in [1.165, 1.54) is 5.56 Å². The molecule has 0 radical (unpaired) electrons. The van der Waals surface area contributed by atoms with Crippen molar-refractivity contribution in [3.8, 4) is 0 Å². The molecule has 0 saturated carbocycles. The third-order valence-electron chi connectivity index (χ3n) is 2.57. The highest BCUT2D eigenvalue weighted by molar-refractivity contribution is 6.30. The number of aliphatic hydroxyl groups is 1. The standard InChI is InChI=1S/C12H18ClNO/c1-9(15)8-14(3)10(2)11-4-6-12(13)7-5-11/h4-7,9-10,15H,8H2,1-3H3/t9-,10?/m0/s1. The summed E-state index contributed by atoms with van der Waals surface area (Å²) in [5, 5.41) is 10.1. The van der Waals surface area contributed by atoms with Crippen molar-refractivity contribution >= 4 is 11.6 Å². The molecular weight excluding hydrogens is 210 g/mol. The van der Waals surface area contributed by atoms with Gasteiger partial charge >= 0.3 is 0 Å². The molecule has 0 bridgehead atoms. The topological polar surface area (TPSA) is 23.5 Å². The Morgan fingerprint density at radius 1 is 1.27 bits per heavy atom. The number of halogens is 1. The average Bonchev–Trinajstić information content (AvgIpc) is 2.17. The van der Waals surface area contributed by atoms with Gasteiger partial charge in [0.15, 0.2) is 0 Å². The van der Waals surface area contributed by atoms with Crippen LogP contribution in [0, 0.1) is 0 Å². The van der Waals surface area contributed by atoms with Crippen LogP contribution in [0.4, 0.5) is 0 Å². The van der Waals surface area contributed by atoms with Crippen molar-refractivity contribution in [2.75, 3.05) is 13.6 Å². The average molecular weight is 228 g/mol. The smallest absolute Gasteiger partial charge is 0.0639 e. The lowest BCUT2D eigenvalue weighted by Crippen LogP contribution is -2.29. The van der Waals surface area contributed by atoms with Crippen LogP contribution in [0.5, 0.6) is 0 Å². The molecule has 0 spiro atoms. The zero-order valence-corrected chi connectivity index (χ0v) is 10.2. The first-order valence-corrected chi connectivity index (χ1v) is 5.52. The molecule has 15 heavy (non-hydrogen) atoms. The van der Waals surface area contributed by atoms with Crippen molar-refractivity contribution in [1.82, 2.24) is 4.90 Å². The lowest BCUT2D eigenvalue weighted by molar-refractivity contribution is 0.122. The molecule has 0 heterocycles. The van der Waals surface area contributed by atoms with E-state index in [4.69, 9.17) is 11.6 Å². The van der Waals surface area contributed by atoms with E-state index in [1.54, 1.807) is 6.92 Å². The summed E-state index contributed by atoms with van der Waals surface area (Å²) in [5.41, 5.74) is 1.21. The van der Waals surface area contributed by atoms with Crippen LogP contribution < -0.4 is 0 Å². The van der Waals surface area contributed by atoms with E-state index in [2.05, 4.69) is 11.8 Å². The monoisotopic (exact) mass is 227 g/mol. The molecule has 1 unspecified atom stereocenters. The molecule has 0 saturated heterocycles. The quantitative estimate of drug-likeness (QED) is 0.855. The molecule has 1 rings (SSSR count). The molecule has 1 aromatic carbocycles. The summed E-state index contributed by atoms with van der Waals surface area (Å²) in [5.74, 6) is 0. The van der Waals surface area contributed by atoms with Crippen LogP contribution in [0.2, 0.25) is 5.02 Å². The highest BCUT2D eigenvalue weighted by Crippen LogP contribution is 2.20. The van der Waals surface area contributed by atoms with Gasteiger partial charge in [0.25, 0.3) is 0 Å². The maximum atomic E-state index is 9.30. The first kappa shape index (κ1) is 12.5. The van der Waals surface area contributed by atoms with E-state index in [0.29, 0.717) is 6.54 Å². The van der Waals surface area contributed by atoms with E-state index in [9.17, 15) is 5.11 Å². The Labute approximate surface area is 96.5 Å². The van der Waals surface area contributed by atoms with Crippen LogP contribution in [-0.2, 0) is 0 Å². The number of hydrogen-bond acceptors (Lipinski definition) is 2. The minimum Gasteiger partial charge on any atom is -0.392 e. The fourth-order valence-electron chi connectivity index (χ4n) is 1.57. The lowest BCUT2D eigenvalue weighted by Gasteiger charge is -2.26. The Bertz CT molecular complexity index is 297. The van der Waals surface area contributed by atoms with Crippen LogP contribution in [0.15, 0.2) is 24.3 Å². The summed E-state index contributed by atoms with van der Waals surface area (Å²) in [6.07, 6.45) is -0.301. The molecular formula is C12H18ClNO. The summed E-state index contributed by atoms with van der Waals surface area (Å²) in [7, 11) is 2.01. The molecule has 0 fully saturated rings. The normalized spacial score (nSPS) is 15.3. The fraction of sp³-hybridized carbons (Fsp3) is 0.500. The predicted octanol–water partition coefficient (Wildman–Crippen LogP) is 2.71. The molecule has 0 amide bonds. The molecule has 0 aliphatic heterocycles. The molecule has 2 nitrogen and oxygen atoms in total. The number of benzene rings is 1. The predicted molar refractivity (Wildman–Crippen MR) is 64.2 cm³/mol. The molecule has 3 heteroatoms. The summed E-state index contributed by atoms with van der Waals surface area (Å²) in [6, 6.07) is 8.11. The molecule has 0 aliphatic rings. The summed E-state index contributed by atoms with van der Waals surface area (Å²) in [6.45, 7) is 4.58. The number of aliphatic hydroxyl groups excluding tert-OH is 1. The van der Waals surface area contributed by atoms with Crippen molar-refractivity contribution in [2.45, 2.75) is 26.0 Å². The van der Waals surface area contributed by atoms with E-state index in [-0.39, 0.29) is 12.1 Å². The van der Waals surface area contributed by atoms with Crippen molar-refractivity contribution < 1.29 is 5.11 Å². The van der Waals surface area contributed by atoms with Gasteiger partial charge in [0.05, 0.1) is 6.10 Å². The lowest BCUT2D eigenvalue weighted by atomic mass is 10.1. The Hall–Kier alpha value is -0.570. The first-order valence-electron chi connectivity index (χ1n) is 5.14. The third kappa shape index (κ3) is 3.82. The zero-order valence-electron chi connectivity index (χ0n) is 9.44. The van der Waals surface area contributed by atoms with E-state index in [1.807, 2.05) is 31.3 Å². The zero-order chi connectivity index (χ0) is 11.4. The van der Waals surface area contributed by atoms with Crippen molar-refractivity contribution in [3.63, 3.8) is 0 Å². The SMILES string of the molecule is CC(c1ccc(Cl)cc1)N(C)C[C@H](C)O. The second-order valence-electron chi connectivity index (χ2n) is 4.02. The minimum absolute atomic E-state index is 0.289. The minimum atomic E-state index is -0.301. The van der Waals surface area contributed by atoms with Gasteiger partial charge in [-0.3, -0.25) is 4.90 Å². The fourth-order valence-corrected chi connectivity index (χ4v) is 1.70. The highest BCUT2D eigenvalue weighted by atomic mass is 35.5. The molecule has 1 N–H and O–H groups in total. The second-order valence-corrected chi connectivity index (χ2v) is 4.45. The molecule has 2 atom stereocenters. The van der Waals surface area contributed by atoms with Gasteiger partial charge in [0.1, 0.15) is 0 Å². The van der Waals surface area contributed by atoms with Crippen LogP contribution in [-0.4, -0.2) is 29.7 Å². The van der Waals surface area contributed by atoms with Gasteiger partial charge in [-0.2, -0.15) is 0 Å². The van der Waals surface area contributed by atoms with E-state index < -0.39 is 0 Å². The number of hydrogen-bond donors (Lipinski definition) is 1. The summed E-state index contributed by atoms with van der Waals surface area (Å²) < 4.78 is 0. The maximum absolute atomic E-state index is 9.30. The molecule has 1 aromatic rings. The second kappa shape index (κ2) is 5.50. The van der Waals surface area contributed by atoms with Gasteiger partial charge in [-0.05, 0) is 38.6 Å². The van der Waals surface area contributed by atoms with Crippen LogP contribution >= 0.6 is 11.6 Å². The Morgan fingerprint density at radius 3 is 2.27 bits per heavy atom. The summed E-state index contributed by atoms with van der Waals surface area (Å²) in [4.78, 5) is 2.12. The van der Waals surface area contributed by atoms with Crippen molar-refractivity contribution in [2.24, 2.45) is 0 Å². The number of nitrogens with zero attached hydrogens (tertiary/aromatic N) is 1. The van der Waals surface area contributed by atoms with Gasteiger partial charge in [-0.1, -0.05) is 23.7 Å². The summed E-state index contributed by atoms with van der Waals surface area (Å²) >= 11 is 5.83.